The van der Waals surface area contributed by atoms with Gasteiger partial charge in [-0.25, -0.2) is 17.9 Å². The van der Waals surface area contributed by atoms with Crippen molar-refractivity contribution in [3.05, 3.63) is 28.2 Å². The van der Waals surface area contributed by atoms with E-state index in [1.165, 1.54) is 18.2 Å². The van der Waals surface area contributed by atoms with Crippen LogP contribution < -0.4 is 4.72 Å². The Kier molecular flexibility index (Phi) is 5.06. The van der Waals surface area contributed by atoms with Crippen LogP contribution in [-0.4, -0.2) is 25.5 Å². The van der Waals surface area contributed by atoms with E-state index >= 15 is 0 Å². The van der Waals surface area contributed by atoms with Gasteiger partial charge in [-0.15, -0.1) is 0 Å². The van der Waals surface area contributed by atoms with Crippen LogP contribution in [0.5, 0.6) is 0 Å². The number of nitrogens with one attached hydrogen (secondary N) is 1. The molecule has 1 saturated carbocycles. The lowest BCUT2D eigenvalue weighted by Gasteiger charge is -2.17. The Hall–Kier alpha value is -0.920. The molecule has 116 valence electrons. The third kappa shape index (κ3) is 4.28. The first-order valence-electron chi connectivity index (χ1n) is 6.88. The number of hydrogen-bond donors (Lipinski definition) is 2. The number of halogens is 1. The zero-order valence-electron chi connectivity index (χ0n) is 11.7. The molecule has 1 unspecified atom stereocenters. The van der Waals surface area contributed by atoms with Gasteiger partial charge < -0.3 is 5.11 Å². The quantitative estimate of drug-likeness (QED) is 0.766. The second-order valence-electron chi connectivity index (χ2n) is 5.36. The Morgan fingerprint density at radius 2 is 2.14 bits per heavy atom. The van der Waals surface area contributed by atoms with Crippen LogP contribution in [-0.2, 0) is 10.0 Å². The summed E-state index contributed by atoms with van der Waals surface area (Å²) in [6.07, 6.45) is 3.88. The van der Waals surface area contributed by atoms with Crippen LogP contribution in [0.1, 0.15) is 43.0 Å². The number of benzene rings is 1. The molecule has 2 rings (SSSR count). The van der Waals surface area contributed by atoms with Gasteiger partial charge >= 0.3 is 5.97 Å². The van der Waals surface area contributed by atoms with Crippen molar-refractivity contribution in [1.29, 1.82) is 0 Å². The van der Waals surface area contributed by atoms with Crippen LogP contribution in [0.2, 0.25) is 0 Å². The van der Waals surface area contributed by atoms with Crippen molar-refractivity contribution >= 4 is 31.9 Å². The van der Waals surface area contributed by atoms with Gasteiger partial charge in [-0.05, 0) is 52.9 Å². The minimum atomic E-state index is -3.74. The van der Waals surface area contributed by atoms with E-state index in [-0.39, 0.29) is 16.5 Å². The fourth-order valence-electron chi connectivity index (χ4n) is 2.18. The Labute approximate surface area is 132 Å². The predicted octanol–water partition coefficient (Wildman–Crippen LogP) is 3.00. The summed E-state index contributed by atoms with van der Waals surface area (Å²) < 4.78 is 28.0. The largest absolute Gasteiger partial charge is 0.478 e. The van der Waals surface area contributed by atoms with Crippen molar-refractivity contribution in [2.75, 3.05) is 0 Å². The molecular weight excluding hydrogens is 358 g/mol. The number of hydrogen-bond acceptors (Lipinski definition) is 3. The normalized spacial score (nSPS) is 16.7. The molecule has 1 aliphatic rings. The van der Waals surface area contributed by atoms with Crippen molar-refractivity contribution in [2.45, 2.75) is 43.5 Å². The number of aromatic carboxylic acids is 1. The van der Waals surface area contributed by atoms with Gasteiger partial charge in [-0.2, -0.15) is 0 Å². The van der Waals surface area contributed by atoms with Gasteiger partial charge in [0.05, 0.1) is 10.5 Å². The minimum Gasteiger partial charge on any atom is -0.478 e. The van der Waals surface area contributed by atoms with Crippen LogP contribution in [0, 0.1) is 5.92 Å². The van der Waals surface area contributed by atoms with E-state index in [9.17, 15) is 13.2 Å². The fourth-order valence-corrected chi connectivity index (χ4v) is 4.50. The molecule has 0 aliphatic heterocycles. The Balaban J connectivity index is 2.25. The average Bonchev–Trinajstić information content (AvgIpc) is 3.21. The summed E-state index contributed by atoms with van der Waals surface area (Å²) in [5.41, 5.74) is -0.0474. The fraction of sp³-hybridized carbons (Fsp3) is 0.500. The molecule has 0 saturated heterocycles. The Bertz CT molecular complexity index is 640. The molecule has 1 fully saturated rings. The second-order valence-corrected chi connectivity index (χ2v) is 7.89. The number of carbonyl (C=O) groups is 1. The average molecular weight is 376 g/mol. The molecule has 1 atom stereocenters. The van der Waals surface area contributed by atoms with Gasteiger partial charge in [0.15, 0.2) is 0 Å². The molecule has 0 bridgehead atoms. The molecule has 0 radical (unpaired) electrons. The molecule has 0 spiro atoms. The van der Waals surface area contributed by atoms with Gasteiger partial charge in [0, 0.05) is 10.5 Å². The third-order valence-corrected chi connectivity index (χ3v) is 6.11. The predicted molar refractivity (Wildman–Crippen MR) is 82.8 cm³/mol. The lowest BCUT2D eigenvalue weighted by molar-refractivity contribution is 0.0696. The lowest BCUT2D eigenvalue weighted by atomic mass is 10.1. The van der Waals surface area contributed by atoms with E-state index in [1.54, 1.807) is 0 Å². The Morgan fingerprint density at radius 3 is 2.67 bits per heavy atom. The first kappa shape index (κ1) is 16.5. The van der Waals surface area contributed by atoms with E-state index in [0.29, 0.717) is 16.8 Å². The molecule has 1 aromatic carbocycles. The minimum absolute atomic E-state index is 0.0309. The monoisotopic (exact) mass is 375 g/mol. The number of rotatable bonds is 7. The first-order valence-corrected chi connectivity index (χ1v) is 9.16. The van der Waals surface area contributed by atoms with Crippen molar-refractivity contribution in [2.24, 2.45) is 5.92 Å². The van der Waals surface area contributed by atoms with Gasteiger partial charge in [-0.3, -0.25) is 0 Å². The number of sulfonamides is 1. The highest BCUT2D eigenvalue weighted by atomic mass is 79.9. The topological polar surface area (TPSA) is 83.5 Å². The number of carboxylic acid groups (broad SMARTS) is 1. The van der Waals surface area contributed by atoms with Crippen molar-refractivity contribution in [3.63, 3.8) is 0 Å². The molecule has 1 aromatic rings. The molecule has 2 N–H and O–H groups in total. The highest BCUT2D eigenvalue weighted by molar-refractivity contribution is 9.10. The highest BCUT2D eigenvalue weighted by Gasteiger charge is 2.28. The van der Waals surface area contributed by atoms with E-state index in [2.05, 4.69) is 20.7 Å². The number of carboxylic acids is 1. The summed E-state index contributed by atoms with van der Waals surface area (Å²) in [6.45, 7) is 1.94. The second kappa shape index (κ2) is 6.46. The maximum absolute atomic E-state index is 12.5. The Morgan fingerprint density at radius 1 is 1.48 bits per heavy atom. The highest BCUT2D eigenvalue weighted by Crippen LogP contribution is 2.34. The molecule has 1 aliphatic carbocycles. The smallest absolute Gasteiger partial charge is 0.335 e. The van der Waals surface area contributed by atoms with E-state index in [4.69, 9.17) is 5.11 Å². The van der Waals surface area contributed by atoms with Crippen LogP contribution in [0.15, 0.2) is 27.6 Å². The first-order chi connectivity index (χ1) is 9.83. The van der Waals surface area contributed by atoms with Crippen molar-refractivity contribution < 1.29 is 18.3 Å². The van der Waals surface area contributed by atoms with E-state index in [0.717, 1.165) is 19.3 Å². The lowest BCUT2D eigenvalue weighted by Crippen LogP contribution is -2.35. The molecule has 7 heteroatoms. The van der Waals surface area contributed by atoms with Crippen LogP contribution in [0.25, 0.3) is 0 Å². The molecule has 0 heterocycles. The third-order valence-electron chi connectivity index (χ3n) is 3.60. The molecular formula is C14H18BrNO4S. The molecule has 21 heavy (non-hydrogen) atoms. The van der Waals surface area contributed by atoms with Gasteiger partial charge in [0.25, 0.3) is 0 Å². The summed E-state index contributed by atoms with van der Waals surface area (Å²) >= 11 is 3.18. The zero-order valence-corrected chi connectivity index (χ0v) is 14.1. The van der Waals surface area contributed by atoms with Crippen LogP contribution in [0.4, 0.5) is 0 Å². The summed E-state index contributed by atoms with van der Waals surface area (Å²) in [5.74, 6) is -0.532. The maximum Gasteiger partial charge on any atom is 0.335 e. The van der Waals surface area contributed by atoms with E-state index < -0.39 is 16.0 Å². The summed E-state index contributed by atoms with van der Waals surface area (Å²) in [6, 6.07) is 3.88. The standard InChI is InChI=1S/C14H18BrNO4S/c1-2-11(7-9-3-4-9)16-21(19,20)13-8-10(14(17)18)5-6-12(13)15/h5-6,8-9,11,16H,2-4,7H2,1H3,(H,17,18). The summed E-state index contributed by atoms with van der Waals surface area (Å²) in [4.78, 5) is 11.0. The van der Waals surface area contributed by atoms with Gasteiger partial charge in [-0.1, -0.05) is 19.8 Å². The van der Waals surface area contributed by atoms with E-state index in [1.807, 2.05) is 6.92 Å². The van der Waals surface area contributed by atoms with Crippen molar-refractivity contribution in [3.8, 4) is 0 Å². The van der Waals surface area contributed by atoms with Crippen molar-refractivity contribution in [1.82, 2.24) is 4.72 Å². The van der Waals surface area contributed by atoms with Gasteiger partial charge in [0.1, 0.15) is 0 Å². The summed E-state index contributed by atoms with van der Waals surface area (Å²) in [5, 5.41) is 8.99. The summed E-state index contributed by atoms with van der Waals surface area (Å²) in [7, 11) is -3.74. The van der Waals surface area contributed by atoms with Crippen LogP contribution in [0.3, 0.4) is 0 Å². The molecule has 5 nitrogen and oxygen atoms in total. The van der Waals surface area contributed by atoms with Gasteiger partial charge in [0.2, 0.25) is 10.0 Å². The molecule has 0 amide bonds. The SMILES string of the molecule is CCC(CC1CC1)NS(=O)(=O)c1cc(C(=O)O)ccc1Br. The molecule has 0 aromatic heterocycles. The zero-order chi connectivity index (χ0) is 15.6. The van der Waals surface area contributed by atoms with Crippen LogP contribution >= 0.6 is 15.9 Å². The maximum atomic E-state index is 12.5.